The van der Waals surface area contributed by atoms with Gasteiger partial charge in [0.1, 0.15) is 5.67 Å². The Morgan fingerprint density at radius 3 is 2.50 bits per heavy atom. The number of allylic oxidation sites excluding steroid dienone is 1. The molecule has 0 amide bonds. The Morgan fingerprint density at radius 1 is 1.88 bits per heavy atom. The smallest absolute Gasteiger partial charge is 0.128 e. The predicted molar refractivity (Wildman–Crippen MR) is 31.4 cm³/mol. The maximum Gasteiger partial charge on any atom is 0.128 e. The van der Waals surface area contributed by atoms with E-state index in [4.69, 9.17) is 5.11 Å². The molecular formula is C6H11FO. The molecule has 0 radical (unpaired) electrons. The summed E-state index contributed by atoms with van der Waals surface area (Å²) in [6, 6.07) is 0. The molecule has 0 aliphatic rings. The van der Waals surface area contributed by atoms with Crippen LogP contribution in [0, 0.1) is 0 Å². The van der Waals surface area contributed by atoms with Gasteiger partial charge in [0, 0.05) is 13.0 Å². The molecule has 0 aliphatic carbocycles. The van der Waals surface area contributed by atoms with Gasteiger partial charge in [-0.2, -0.15) is 0 Å². The maximum atomic E-state index is 12.5. The van der Waals surface area contributed by atoms with Crippen LogP contribution in [0.15, 0.2) is 12.7 Å². The summed E-state index contributed by atoms with van der Waals surface area (Å²) in [6.45, 7) is 4.52. The number of halogens is 1. The number of alkyl halides is 1. The van der Waals surface area contributed by atoms with Crippen LogP contribution in [0.2, 0.25) is 0 Å². The van der Waals surface area contributed by atoms with E-state index in [1.807, 2.05) is 0 Å². The topological polar surface area (TPSA) is 20.2 Å². The molecule has 1 unspecified atom stereocenters. The van der Waals surface area contributed by atoms with Crippen molar-refractivity contribution >= 4 is 0 Å². The van der Waals surface area contributed by atoms with Crippen LogP contribution in [-0.2, 0) is 0 Å². The van der Waals surface area contributed by atoms with Crippen LogP contribution in [0.3, 0.4) is 0 Å². The molecule has 0 saturated heterocycles. The van der Waals surface area contributed by atoms with E-state index in [9.17, 15) is 4.39 Å². The normalized spacial score (nSPS) is 17.4. The van der Waals surface area contributed by atoms with Gasteiger partial charge in [0.25, 0.3) is 0 Å². The van der Waals surface area contributed by atoms with Crippen molar-refractivity contribution in [1.29, 1.82) is 0 Å². The van der Waals surface area contributed by atoms with Gasteiger partial charge < -0.3 is 5.11 Å². The summed E-state index contributed by atoms with van der Waals surface area (Å²) < 4.78 is 12.5. The first kappa shape index (κ1) is 7.63. The fourth-order valence-electron chi connectivity index (χ4n) is 0.321. The summed E-state index contributed by atoms with van der Waals surface area (Å²) in [4.78, 5) is 0. The molecule has 0 fully saturated rings. The van der Waals surface area contributed by atoms with Crippen molar-refractivity contribution in [2.24, 2.45) is 0 Å². The van der Waals surface area contributed by atoms with Crippen LogP contribution in [0.4, 0.5) is 4.39 Å². The second-order valence-electron chi connectivity index (χ2n) is 1.96. The summed E-state index contributed by atoms with van der Waals surface area (Å²) in [5, 5.41) is 8.25. The Kier molecular flexibility index (Phi) is 2.69. The standard InChI is InChI=1S/C6H11FO/c1-3-6(2,7)4-5-8/h3,8H,1,4-5H2,2H3. The average molecular weight is 118 g/mol. The molecule has 0 aromatic rings. The van der Waals surface area contributed by atoms with Crippen LogP contribution >= 0.6 is 0 Å². The third kappa shape index (κ3) is 2.75. The van der Waals surface area contributed by atoms with Gasteiger partial charge in [0.2, 0.25) is 0 Å². The Labute approximate surface area is 48.8 Å². The van der Waals surface area contributed by atoms with Gasteiger partial charge in [-0.3, -0.25) is 0 Å². The molecule has 1 atom stereocenters. The summed E-state index contributed by atoms with van der Waals surface area (Å²) in [5.41, 5.74) is -1.39. The Bertz CT molecular complexity index is 78.6. The van der Waals surface area contributed by atoms with E-state index in [0.717, 1.165) is 0 Å². The van der Waals surface area contributed by atoms with Gasteiger partial charge >= 0.3 is 0 Å². The predicted octanol–water partition coefficient (Wildman–Crippen LogP) is 1.28. The fourth-order valence-corrected chi connectivity index (χ4v) is 0.321. The highest BCUT2D eigenvalue weighted by atomic mass is 19.1. The van der Waals surface area contributed by atoms with Crippen LogP contribution in [0.5, 0.6) is 0 Å². The quantitative estimate of drug-likeness (QED) is 0.553. The van der Waals surface area contributed by atoms with Gasteiger partial charge in [-0.1, -0.05) is 12.7 Å². The summed E-state index contributed by atoms with van der Waals surface area (Å²) in [7, 11) is 0. The van der Waals surface area contributed by atoms with Gasteiger partial charge in [-0.25, -0.2) is 4.39 Å². The lowest BCUT2D eigenvalue weighted by Gasteiger charge is -2.11. The zero-order valence-electron chi connectivity index (χ0n) is 5.02. The van der Waals surface area contributed by atoms with Gasteiger partial charge in [-0.05, 0) is 6.92 Å². The van der Waals surface area contributed by atoms with Crippen LogP contribution < -0.4 is 0 Å². The molecule has 0 heterocycles. The highest BCUT2D eigenvalue weighted by Crippen LogP contribution is 2.14. The van der Waals surface area contributed by atoms with Crippen molar-refractivity contribution in [3.8, 4) is 0 Å². The summed E-state index contributed by atoms with van der Waals surface area (Å²) in [6.07, 6.45) is 1.33. The van der Waals surface area contributed by atoms with E-state index < -0.39 is 5.67 Å². The van der Waals surface area contributed by atoms with Crippen molar-refractivity contribution in [2.45, 2.75) is 19.0 Å². The van der Waals surface area contributed by atoms with Crippen LogP contribution in [-0.4, -0.2) is 17.4 Å². The molecule has 0 aromatic heterocycles. The van der Waals surface area contributed by atoms with E-state index in [1.165, 1.54) is 13.0 Å². The first-order valence-corrected chi connectivity index (χ1v) is 2.56. The SMILES string of the molecule is C=CC(C)(F)CCO. The van der Waals surface area contributed by atoms with Crippen molar-refractivity contribution in [3.63, 3.8) is 0 Å². The van der Waals surface area contributed by atoms with Gasteiger partial charge in [0.15, 0.2) is 0 Å². The third-order valence-corrected chi connectivity index (χ3v) is 1.03. The second-order valence-corrected chi connectivity index (χ2v) is 1.96. The molecular weight excluding hydrogens is 107 g/mol. The van der Waals surface area contributed by atoms with E-state index in [1.54, 1.807) is 0 Å². The highest BCUT2D eigenvalue weighted by Gasteiger charge is 2.15. The summed E-state index contributed by atoms with van der Waals surface area (Å²) in [5.74, 6) is 0. The molecule has 0 saturated carbocycles. The molecule has 1 nitrogen and oxygen atoms in total. The number of rotatable bonds is 3. The largest absolute Gasteiger partial charge is 0.396 e. The zero-order valence-corrected chi connectivity index (χ0v) is 5.02. The lowest BCUT2D eigenvalue weighted by atomic mass is 10.1. The fraction of sp³-hybridized carbons (Fsp3) is 0.667. The lowest BCUT2D eigenvalue weighted by Crippen LogP contribution is -2.14. The Hall–Kier alpha value is -0.370. The Morgan fingerprint density at radius 2 is 2.38 bits per heavy atom. The molecule has 0 bridgehead atoms. The monoisotopic (exact) mass is 118 g/mol. The second kappa shape index (κ2) is 2.82. The van der Waals surface area contributed by atoms with E-state index in [2.05, 4.69) is 6.58 Å². The lowest BCUT2D eigenvalue weighted by molar-refractivity contribution is 0.178. The molecule has 0 spiro atoms. The molecule has 2 heteroatoms. The first-order chi connectivity index (χ1) is 3.62. The molecule has 0 aliphatic heterocycles. The van der Waals surface area contributed by atoms with E-state index in [0.29, 0.717) is 0 Å². The number of hydrogen-bond acceptors (Lipinski definition) is 1. The number of aliphatic hydroxyl groups is 1. The number of hydrogen-bond donors (Lipinski definition) is 1. The molecule has 0 aromatic carbocycles. The average Bonchev–Trinajstić information content (AvgIpc) is 1.67. The van der Waals surface area contributed by atoms with Crippen LogP contribution in [0.25, 0.3) is 0 Å². The zero-order chi connectivity index (χ0) is 6.62. The minimum atomic E-state index is -1.39. The van der Waals surface area contributed by atoms with Crippen molar-refractivity contribution in [1.82, 2.24) is 0 Å². The van der Waals surface area contributed by atoms with Crippen molar-refractivity contribution in [3.05, 3.63) is 12.7 Å². The molecule has 1 N–H and O–H groups in total. The first-order valence-electron chi connectivity index (χ1n) is 2.56. The molecule has 8 heavy (non-hydrogen) atoms. The van der Waals surface area contributed by atoms with Gasteiger partial charge in [0.05, 0.1) is 0 Å². The summed E-state index contributed by atoms with van der Waals surface area (Å²) >= 11 is 0. The minimum absolute atomic E-state index is 0.126. The number of aliphatic hydroxyl groups excluding tert-OH is 1. The van der Waals surface area contributed by atoms with E-state index in [-0.39, 0.29) is 13.0 Å². The highest BCUT2D eigenvalue weighted by molar-refractivity contribution is 4.91. The maximum absolute atomic E-state index is 12.5. The van der Waals surface area contributed by atoms with Gasteiger partial charge in [-0.15, -0.1) is 0 Å². The van der Waals surface area contributed by atoms with Crippen molar-refractivity contribution in [2.75, 3.05) is 6.61 Å². The molecule has 0 rings (SSSR count). The molecule has 48 valence electrons. The van der Waals surface area contributed by atoms with Crippen LogP contribution in [0.1, 0.15) is 13.3 Å². The minimum Gasteiger partial charge on any atom is -0.396 e. The van der Waals surface area contributed by atoms with Crippen molar-refractivity contribution < 1.29 is 9.50 Å². The van der Waals surface area contributed by atoms with E-state index >= 15 is 0 Å². The third-order valence-electron chi connectivity index (χ3n) is 1.03. The Balaban J connectivity index is 3.53.